The van der Waals surface area contributed by atoms with E-state index < -0.39 is 0 Å². The standard InChI is InChI=1S/C17H20N4O2S/c1-20-15(22)7-13(16(20)14-3-2-6-24-14)17(23)19-12-8-18-21(10-12)9-11-4-5-11/h2-3,6,8,10-11,13,16H,4-5,7,9H2,1H3,(H,19,23). The van der Waals surface area contributed by atoms with Crippen LogP contribution in [0.15, 0.2) is 29.9 Å². The SMILES string of the molecule is CN1C(=O)CC(C(=O)Nc2cnn(CC3CC3)c2)C1c1cccs1. The van der Waals surface area contributed by atoms with Crippen molar-refractivity contribution in [2.75, 3.05) is 12.4 Å². The number of amides is 2. The van der Waals surface area contributed by atoms with Crippen molar-refractivity contribution in [3.05, 3.63) is 34.8 Å². The summed E-state index contributed by atoms with van der Waals surface area (Å²) in [5.74, 6) is 0.265. The van der Waals surface area contributed by atoms with Gasteiger partial charge < -0.3 is 10.2 Å². The second-order valence-corrected chi connectivity index (χ2v) is 7.64. The van der Waals surface area contributed by atoms with Crippen LogP contribution in [0.2, 0.25) is 0 Å². The number of rotatable bonds is 5. The van der Waals surface area contributed by atoms with E-state index in [1.54, 1.807) is 29.5 Å². The van der Waals surface area contributed by atoms with E-state index in [1.165, 1.54) is 12.8 Å². The number of carbonyl (C=O) groups is 2. The summed E-state index contributed by atoms with van der Waals surface area (Å²) in [4.78, 5) is 27.6. The van der Waals surface area contributed by atoms with Gasteiger partial charge in [0, 0.05) is 31.1 Å². The Balaban J connectivity index is 1.48. The monoisotopic (exact) mass is 344 g/mol. The highest BCUT2D eigenvalue weighted by molar-refractivity contribution is 7.10. The fourth-order valence-corrected chi connectivity index (χ4v) is 4.21. The minimum Gasteiger partial charge on any atom is -0.337 e. The summed E-state index contributed by atoms with van der Waals surface area (Å²) >= 11 is 1.58. The van der Waals surface area contributed by atoms with Gasteiger partial charge in [-0.05, 0) is 30.2 Å². The van der Waals surface area contributed by atoms with Crippen molar-refractivity contribution in [2.45, 2.75) is 31.8 Å². The maximum Gasteiger partial charge on any atom is 0.230 e. The van der Waals surface area contributed by atoms with Crippen LogP contribution >= 0.6 is 11.3 Å². The third kappa shape index (κ3) is 2.96. The lowest BCUT2D eigenvalue weighted by atomic mass is 9.98. The Bertz CT molecular complexity index is 750. The highest BCUT2D eigenvalue weighted by atomic mass is 32.1. The molecule has 0 aromatic carbocycles. The van der Waals surface area contributed by atoms with E-state index in [-0.39, 0.29) is 30.2 Å². The molecule has 7 heteroatoms. The Morgan fingerprint density at radius 2 is 2.29 bits per heavy atom. The van der Waals surface area contributed by atoms with Gasteiger partial charge in [-0.15, -0.1) is 11.3 Å². The molecule has 2 aliphatic rings. The average molecular weight is 344 g/mol. The van der Waals surface area contributed by atoms with Crippen LogP contribution in [0.25, 0.3) is 0 Å². The zero-order valence-electron chi connectivity index (χ0n) is 13.5. The van der Waals surface area contributed by atoms with Gasteiger partial charge in [-0.25, -0.2) is 0 Å². The zero-order valence-corrected chi connectivity index (χ0v) is 14.3. The third-order valence-electron chi connectivity index (χ3n) is 4.80. The van der Waals surface area contributed by atoms with Gasteiger partial charge in [0.25, 0.3) is 0 Å². The Kier molecular flexibility index (Phi) is 3.88. The fraction of sp³-hybridized carbons (Fsp3) is 0.471. The maximum absolute atomic E-state index is 12.7. The molecule has 2 unspecified atom stereocenters. The quantitative estimate of drug-likeness (QED) is 0.906. The van der Waals surface area contributed by atoms with E-state index >= 15 is 0 Å². The normalized spacial score (nSPS) is 23.7. The number of carbonyl (C=O) groups excluding carboxylic acids is 2. The molecule has 2 aromatic heterocycles. The van der Waals surface area contributed by atoms with Crippen LogP contribution in [0, 0.1) is 11.8 Å². The summed E-state index contributed by atoms with van der Waals surface area (Å²) in [6.07, 6.45) is 6.33. The van der Waals surface area contributed by atoms with Crippen molar-refractivity contribution in [1.29, 1.82) is 0 Å². The van der Waals surface area contributed by atoms with Crippen LogP contribution in [-0.4, -0.2) is 33.5 Å². The van der Waals surface area contributed by atoms with Gasteiger partial charge in [0.15, 0.2) is 0 Å². The highest BCUT2D eigenvalue weighted by Gasteiger charge is 2.43. The molecule has 4 rings (SSSR count). The molecule has 2 aromatic rings. The molecular weight excluding hydrogens is 324 g/mol. The Morgan fingerprint density at radius 1 is 1.46 bits per heavy atom. The molecule has 3 heterocycles. The minimum absolute atomic E-state index is 0.0120. The minimum atomic E-state index is -0.368. The van der Waals surface area contributed by atoms with Gasteiger partial charge in [0.1, 0.15) is 0 Å². The molecule has 1 aliphatic carbocycles. The number of nitrogens with one attached hydrogen (secondary N) is 1. The number of nitrogens with zero attached hydrogens (tertiary/aromatic N) is 3. The first-order chi connectivity index (χ1) is 11.6. The molecule has 126 valence electrons. The third-order valence-corrected chi connectivity index (χ3v) is 5.74. The Hall–Kier alpha value is -2.15. The van der Waals surface area contributed by atoms with E-state index in [4.69, 9.17) is 0 Å². The molecule has 24 heavy (non-hydrogen) atoms. The molecule has 2 fully saturated rings. The second kappa shape index (κ2) is 6.05. The van der Waals surface area contributed by atoms with Crippen molar-refractivity contribution >= 4 is 28.8 Å². The number of thiophene rings is 1. The van der Waals surface area contributed by atoms with Gasteiger partial charge in [-0.3, -0.25) is 14.3 Å². The van der Waals surface area contributed by atoms with Crippen molar-refractivity contribution in [3.8, 4) is 0 Å². The van der Waals surface area contributed by atoms with Gasteiger partial charge >= 0.3 is 0 Å². The molecule has 2 atom stereocenters. The first kappa shape index (κ1) is 15.4. The van der Waals surface area contributed by atoms with E-state index in [2.05, 4.69) is 10.4 Å². The molecule has 0 spiro atoms. The lowest BCUT2D eigenvalue weighted by Crippen LogP contribution is -2.29. The van der Waals surface area contributed by atoms with Crippen molar-refractivity contribution in [3.63, 3.8) is 0 Å². The predicted molar refractivity (Wildman–Crippen MR) is 91.5 cm³/mol. The Labute approximate surface area is 144 Å². The molecule has 1 saturated carbocycles. The molecule has 1 aliphatic heterocycles. The van der Waals surface area contributed by atoms with Crippen LogP contribution in [0.3, 0.4) is 0 Å². The largest absolute Gasteiger partial charge is 0.337 e. The van der Waals surface area contributed by atoms with Crippen LogP contribution < -0.4 is 5.32 Å². The van der Waals surface area contributed by atoms with E-state index in [1.807, 2.05) is 28.4 Å². The lowest BCUT2D eigenvalue weighted by Gasteiger charge is -2.23. The molecule has 1 saturated heterocycles. The van der Waals surface area contributed by atoms with E-state index in [9.17, 15) is 9.59 Å². The van der Waals surface area contributed by atoms with Gasteiger partial charge in [0.2, 0.25) is 11.8 Å². The van der Waals surface area contributed by atoms with Crippen LogP contribution in [-0.2, 0) is 16.1 Å². The molecule has 6 nitrogen and oxygen atoms in total. The summed E-state index contributed by atoms with van der Waals surface area (Å²) in [5.41, 5.74) is 0.701. The summed E-state index contributed by atoms with van der Waals surface area (Å²) in [7, 11) is 1.77. The first-order valence-electron chi connectivity index (χ1n) is 8.24. The summed E-state index contributed by atoms with van der Waals surface area (Å²) in [6.45, 7) is 0.915. The molecular formula is C17H20N4O2S. The predicted octanol–water partition coefficient (Wildman–Crippen LogP) is 2.51. The summed E-state index contributed by atoms with van der Waals surface area (Å²) < 4.78 is 1.88. The van der Waals surface area contributed by atoms with Crippen molar-refractivity contribution in [2.24, 2.45) is 11.8 Å². The molecule has 0 bridgehead atoms. The van der Waals surface area contributed by atoms with Crippen molar-refractivity contribution in [1.82, 2.24) is 14.7 Å². The number of aromatic nitrogens is 2. The summed E-state index contributed by atoms with van der Waals surface area (Å²) in [6, 6.07) is 3.75. The zero-order chi connectivity index (χ0) is 16.7. The summed E-state index contributed by atoms with van der Waals surface area (Å²) in [5, 5.41) is 9.21. The van der Waals surface area contributed by atoms with Crippen LogP contribution in [0.4, 0.5) is 5.69 Å². The lowest BCUT2D eigenvalue weighted by molar-refractivity contribution is -0.127. The number of likely N-dealkylation sites (tertiary alicyclic amines) is 1. The van der Waals surface area contributed by atoms with E-state index in [0.29, 0.717) is 5.69 Å². The second-order valence-electron chi connectivity index (χ2n) is 6.66. The van der Waals surface area contributed by atoms with Crippen molar-refractivity contribution < 1.29 is 9.59 Å². The molecule has 1 N–H and O–H groups in total. The fourth-order valence-electron chi connectivity index (χ4n) is 3.28. The maximum atomic E-state index is 12.7. The van der Waals surface area contributed by atoms with Gasteiger partial charge in [-0.2, -0.15) is 5.10 Å². The number of hydrogen-bond acceptors (Lipinski definition) is 4. The average Bonchev–Trinajstić information content (AvgIpc) is 2.95. The number of anilines is 1. The molecule has 2 amide bonds. The van der Waals surface area contributed by atoms with Gasteiger partial charge in [0.05, 0.1) is 23.8 Å². The smallest absolute Gasteiger partial charge is 0.230 e. The number of hydrogen-bond donors (Lipinski definition) is 1. The molecule has 0 radical (unpaired) electrons. The van der Waals surface area contributed by atoms with Crippen LogP contribution in [0.1, 0.15) is 30.2 Å². The topological polar surface area (TPSA) is 67.2 Å². The van der Waals surface area contributed by atoms with Gasteiger partial charge in [-0.1, -0.05) is 6.07 Å². The first-order valence-corrected chi connectivity index (χ1v) is 9.12. The van der Waals surface area contributed by atoms with E-state index in [0.717, 1.165) is 17.3 Å². The van der Waals surface area contributed by atoms with Crippen LogP contribution in [0.5, 0.6) is 0 Å². The highest BCUT2D eigenvalue weighted by Crippen LogP contribution is 2.39. The Morgan fingerprint density at radius 3 is 3.00 bits per heavy atom.